The lowest BCUT2D eigenvalue weighted by molar-refractivity contribution is -0.121. The largest absolute Gasteiger partial charge is 0.383 e. The minimum absolute atomic E-state index is 0.0125. The summed E-state index contributed by atoms with van der Waals surface area (Å²) in [5, 5.41) is 3.04. The Morgan fingerprint density at radius 3 is 2.92 bits per heavy atom. The number of hydrogen-bond donors (Lipinski definition) is 1. The minimum atomic E-state index is -0.0296. The molecule has 2 heterocycles. The summed E-state index contributed by atoms with van der Waals surface area (Å²) in [6.07, 6.45) is 8.67. The molecule has 2 aliphatic rings. The third kappa shape index (κ3) is 4.42. The molecule has 1 fully saturated rings. The number of fused-ring (bicyclic) bond motifs is 1. The van der Waals surface area contributed by atoms with Crippen LogP contribution in [-0.2, 0) is 16.1 Å². The van der Waals surface area contributed by atoms with Crippen molar-refractivity contribution in [3.05, 3.63) is 24.0 Å². The van der Waals surface area contributed by atoms with Gasteiger partial charge in [0.15, 0.2) is 0 Å². The molecule has 0 spiro atoms. The van der Waals surface area contributed by atoms with E-state index in [1.807, 2.05) is 27.8 Å². The van der Waals surface area contributed by atoms with E-state index in [9.17, 15) is 9.59 Å². The molecule has 6 heteroatoms. The van der Waals surface area contributed by atoms with Gasteiger partial charge in [0.2, 0.25) is 5.91 Å². The third-order valence-electron chi connectivity index (χ3n) is 5.48. The van der Waals surface area contributed by atoms with Crippen LogP contribution in [0.2, 0.25) is 0 Å². The van der Waals surface area contributed by atoms with E-state index in [-0.39, 0.29) is 17.9 Å². The Balaban J connectivity index is 1.53. The maximum absolute atomic E-state index is 12.7. The molecule has 0 aromatic carbocycles. The highest BCUT2D eigenvalue weighted by Gasteiger charge is 2.32. The molecule has 1 aliphatic carbocycles. The molecule has 6 nitrogen and oxygen atoms in total. The van der Waals surface area contributed by atoms with Gasteiger partial charge in [0.05, 0.1) is 12.6 Å². The van der Waals surface area contributed by atoms with Crippen LogP contribution >= 0.6 is 0 Å². The molecule has 0 saturated heterocycles. The summed E-state index contributed by atoms with van der Waals surface area (Å²) in [6.45, 7) is 2.25. The average Bonchev–Trinajstić information content (AvgIpc) is 3.29. The van der Waals surface area contributed by atoms with E-state index in [1.165, 1.54) is 25.7 Å². The fraction of sp³-hybridized carbons (Fsp3) is 0.684. The lowest BCUT2D eigenvalue weighted by Gasteiger charge is -2.36. The van der Waals surface area contributed by atoms with E-state index in [0.717, 1.165) is 12.3 Å². The van der Waals surface area contributed by atoms with Crippen molar-refractivity contribution in [3.8, 4) is 0 Å². The molecule has 3 rings (SSSR count). The second-order valence-electron chi connectivity index (χ2n) is 7.18. The van der Waals surface area contributed by atoms with Crippen molar-refractivity contribution in [3.63, 3.8) is 0 Å². The number of rotatable bonds is 8. The molecule has 0 radical (unpaired) electrons. The lowest BCUT2D eigenvalue weighted by Crippen LogP contribution is -2.53. The monoisotopic (exact) mass is 347 g/mol. The van der Waals surface area contributed by atoms with Crippen LogP contribution in [0.5, 0.6) is 0 Å². The average molecular weight is 347 g/mol. The van der Waals surface area contributed by atoms with Gasteiger partial charge >= 0.3 is 0 Å². The first kappa shape index (κ1) is 18.0. The molecule has 1 unspecified atom stereocenters. The Morgan fingerprint density at radius 1 is 1.36 bits per heavy atom. The van der Waals surface area contributed by atoms with Crippen LogP contribution in [0.15, 0.2) is 18.3 Å². The minimum Gasteiger partial charge on any atom is -0.383 e. The zero-order valence-electron chi connectivity index (χ0n) is 15.1. The second-order valence-corrected chi connectivity index (χ2v) is 7.18. The quantitative estimate of drug-likeness (QED) is 0.783. The van der Waals surface area contributed by atoms with Gasteiger partial charge in [-0.1, -0.05) is 25.7 Å². The molecule has 1 aromatic heterocycles. The number of hydrogen-bond acceptors (Lipinski definition) is 3. The van der Waals surface area contributed by atoms with Gasteiger partial charge < -0.3 is 19.5 Å². The molecule has 1 aromatic rings. The van der Waals surface area contributed by atoms with E-state index in [2.05, 4.69) is 5.32 Å². The van der Waals surface area contributed by atoms with E-state index >= 15 is 0 Å². The highest BCUT2D eigenvalue weighted by molar-refractivity contribution is 5.93. The summed E-state index contributed by atoms with van der Waals surface area (Å²) in [5.41, 5.74) is 0.708. The molecule has 138 valence electrons. The first-order valence-corrected chi connectivity index (χ1v) is 9.40. The van der Waals surface area contributed by atoms with Crippen molar-refractivity contribution < 1.29 is 14.3 Å². The summed E-state index contributed by atoms with van der Waals surface area (Å²) in [5.74, 6) is 0.838. The molecule has 1 atom stereocenters. The number of nitrogens with one attached hydrogen (secondary N) is 1. The van der Waals surface area contributed by atoms with Crippen LogP contribution in [-0.4, -0.2) is 54.1 Å². The van der Waals surface area contributed by atoms with Crippen LogP contribution < -0.4 is 5.32 Å². The van der Waals surface area contributed by atoms with Crippen LogP contribution in [0.1, 0.15) is 49.0 Å². The normalized spacial score (nSPS) is 20.8. The summed E-state index contributed by atoms with van der Waals surface area (Å²) >= 11 is 0. The van der Waals surface area contributed by atoms with Crippen molar-refractivity contribution in [1.29, 1.82) is 0 Å². The molecule has 25 heavy (non-hydrogen) atoms. The summed E-state index contributed by atoms with van der Waals surface area (Å²) < 4.78 is 7.12. The van der Waals surface area contributed by atoms with Crippen molar-refractivity contribution >= 4 is 11.8 Å². The lowest BCUT2D eigenvalue weighted by atomic mass is 10.0. The summed E-state index contributed by atoms with van der Waals surface area (Å²) in [4.78, 5) is 26.7. The van der Waals surface area contributed by atoms with Gasteiger partial charge in [-0.2, -0.15) is 0 Å². The molecule has 1 N–H and O–H groups in total. The second kappa shape index (κ2) is 8.52. The van der Waals surface area contributed by atoms with Gasteiger partial charge in [-0.3, -0.25) is 9.59 Å². The molecular formula is C19H29N3O3. The number of carbonyl (C=O) groups excluding carboxylic acids is 2. The predicted molar refractivity (Wildman–Crippen MR) is 95.3 cm³/mol. The standard InChI is InChI=1S/C19H29N3O3/c1-25-12-11-22-16(14-21-10-4-7-17(21)19(22)24)13-20-18(23)9-8-15-5-2-3-6-15/h4,7,10,15-16H,2-3,5-6,8-9,11-14H2,1H3,(H,20,23). The molecule has 0 bridgehead atoms. The first-order chi connectivity index (χ1) is 12.2. The summed E-state index contributed by atoms with van der Waals surface area (Å²) in [6, 6.07) is 3.71. The zero-order chi connectivity index (χ0) is 17.6. The summed E-state index contributed by atoms with van der Waals surface area (Å²) in [7, 11) is 1.64. The topological polar surface area (TPSA) is 63.6 Å². The van der Waals surface area contributed by atoms with Crippen molar-refractivity contribution in [1.82, 2.24) is 14.8 Å². The molecule has 1 aliphatic heterocycles. The van der Waals surface area contributed by atoms with Crippen LogP contribution in [0.25, 0.3) is 0 Å². The first-order valence-electron chi connectivity index (χ1n) is 9.40. The van der Waals surface area contributed by atoms with Gasteiger partial charge in [0.25, 0.3) is 5.91 Å². The van der Waals surface area contributed by atoms with Gasteiger partial charge in [-0.05, 0) is 24.5 Å². The van der Waals surface area contributed by atoms with Gasteiger partial charge in [-0.25, -0.2) is 0 Å². The highest BCUT2D eigenvalue weighted by atomic mass is 16.5. The van der Waals surface area contributed by atoms with E-state index < -0.39 is 0 Å². The molecule has 2 amide bonds. The maximum Gasteiger partial charge on any atom is 0.270 e. The highest BCUT2D eigenvalue weighted by Crippen LogP contribution is 2.28. The fourth-order valence-electron chi connectivity index (χ4n) is 4.01. The number of ether oxygens (including phenoxy) is 1. The fourth-order valence-corrected chi connectivity index (χ4v) is 4.01. The maximum atomic E-state index is 12.7. The Kier molecular flexibility index (Phi) is 6.13. The number of aromatic nitrogens is 1. The predicted octanol–water partition coefficient (Wildman–Crippen LogP) is 2.05. The van der Waals surface area contributed by atoms with Gasteiger partial charge in [0, 0.05) is 39.4 Å². The van der Waals surface area contributed by atoms with E-state index in [4.69, 9.17) is 4.74 Å². The molecule has 1 saturated carbocycles. The zero-order valence-corrected chi connectivity index (χ0v) is 15.1. The Morgan fingerprint density at radius 2 is 2.16 bits per heavy atom. The van der Waals surface area contributed by atoms with Crippen LogP contribution in [0, 0.1) is 5.92 Å². The molecular weight excluding hydrogens is 318 g/mol. The van der Waals surface area contributed by atoms with Crippen molar-refractivity contribution in [2.45, 2.75) is 51.1 Å². The SMILES string of the molecule is COCCN1C(=O)c2cccn2CC1CNC(=O)CCC1CCCC1. The Hall–Kier alpha value is -1.82. The number of carbonyl (C=O) groups is 2. The third-order valence-corrected chi connectivity index (χ3v) is 5.48. The smallest absolute Gasteiger partial charge is 0.270 e. The Bertz CT molecular complexity index is 592. The Labute approximate surface area is 149 Å². The van der Waals surface area contributed by atoms with Crippen molar-refractivity contribution in [2.75, 3.05) is 26.8 Å². The van der Waals surface area contributed by atoms with Gasteiger partial charge in [0.1, 0.15) is 5.69 Å². The van der Waals surface area contributed by atoms with E-state index in [0.29, 0.717) is 38.4 Å². The van der Waals surface area contributed by atoms with E-state index in [1.54, 1.807) is 7.11 Å². The number of methoxy groups -OCH3 is 1. The van der Waals surface area contributed by atoms with Gasteiger partial charge in [-0.15, -0.1) is 0 Å². The van der Waals surface area contributed by atoms with Crippen LogP contribution in [0.3, 0.4) is 0 Å². The number of amides is 2. The van der Waals surface area contributed by atoms with Crippen LogP contribution in [0.4, 0.5) is 0 Å². The van der Waals surface area contributed by atoms with Crippen molar-refractivity contribution in [2.24, 2.45) is 5.92 Å². The number of nitrogens with zero attached hydrogens (tertiary/aromatic N) is 2.